The van der Waals surface area contributed by atoms with Crippen LogP contribution in [0.15, 0.2) is 36.4 Å². The van der Waals surface area contributed by atoms with Crippen LogP contribution in [-0.2, 0) is 28.8 Å². The molecule has 0 spiro atoms. The Morgan fingerprint density at radius 1 is 0.914 bits per heavy atom. The van der Waals surface area contributed by atoms with E-state index < -0.39 is 36.2 Å². The molecule has 6 amide bonds. The third-order valence-electron chi connectivity index (χ3n) is 5.31. The van der Waals surface area contributed by atoms with Crippen molar-refractivity contribution >= 4 is 41.1 Å². The fourth-order valence-corrected chi connectivity index (χ4v) is 3.34. The third kappa shape index (κ3) is 9.03. The van der Waals surface area contributed by atoms with Gasteiger partial charge in [0, 0.05) is 30.8 Å². The van der Waals surface area contributed by atoms with Gasteiger partial charge in [0.1, 0.15) is 12.1 Å². The molecular formula is C24H31N5O6. The van der Waals surface area contributed by atoms with E-state index in [9.17, 15) is 28.8 Å². The lowest BCUT2D eigenvalue weighted by molar-refractivity contribution is -0.137. The molecule has 2 atom stereocenters. The van der Waals surface area contributed by atoms with Crippen LogP contribution in [0.4, 0.5) is 5.69 Å². The van der Waals surface area contributed by atoms with E-state index in [0.29, 0.717) is 24.9 Å². The molecule has 1 aromatic rings. The van der Waals surface area contributed by atoms with Gasteiger partial charge in [-0.1, -0.05) is 24.1 Å². The summed E-state index contributed by atoms with van der Waals surface area (Å²) < 4.78 is 0. The molecule has 35 heavy (non-hydrogen) atoms. The molecule has 1 aromatic carbocycles. The molecule has 188 valence electrons. The minimum atomic E-state index is -1.20. The van der Waals surface area contributed by atoms with Gasteiger partial charge in [0.2, 0.25) is 23.6 Å². The van der Waals surface area contributed by atoms with Gasteiger partial charge in [-0.05, 0) is 38.8 Å². The van der Waals surface area contributed by atoms with Gasteiger partial charge in [0.25, 0.3) is 11.8 Å². The van der Waals surface area contributed by atoms with Crippen molar-refractivity contribution in [2.24, 2.45) is 5.73 Å². The SMILES string of the molecule is Cc1ccc(NC(=O)[C@H](CC(N)=O)NC(=O)[C@H](C)NC(=O)CCCCCN2C(=O)C=CC2=O)cc1. The quantitative estimate of drug-likeness (QED) is 0.231. The van der Waals surface area contributed by atoms with E-state index in [1.807, 2.05) is 6.92 Å². The maximum Gasteiger partial charge on any atom is 0.253 e. The first-order valence-corrected chi connectivity index (χ1v) is 11.4. The van der Waals surface area contributed by atoms with Crippen molar-refractivity contribution in [2.45, 2.75) is 58.0 Å². The summed E-state index contributed by atoms with van der Waals surface area (Å²) >= 11 is 0. The number of unbranched alkanes of at least 4 members (excludes halogenated alkanes) is 2. The highest BCUT2D eigenvalue weighted by atomic mass is 16.2. The standard InChI is InChI=1S/C24H31N5O6/c1-15-7-9-17(10-8-15)27-24(35)18(14-19(25)30)28-23(34)16(2)26-20(31)6-4-3-5-13-29-21(32)11-12-22(29)33/h7-12,16,18H,3-6,13-14H2,1-2H3,(H2,25,30)(H,26,31)(H,27,35)(H,28,34)/t16-,18-/m0/s1. The van der Waals surface area contributed by atoms with Crippen LogP contribution >= 0.6 is 0 Å². The zero-order valence-corrected chi connectivity index (χ0v) is 19.8. The van der Waals surface area contributed by atoms with Crippen LogP contribution in [0.2, 0.25) is 0 Å². The van der Waals surface area contributed by atoms with E-state index in [1.54, 1.807) is 24.3 Å². The van der Waals surface area contributed by atoms with E-state index in [0.717, 1.165) is 10.5 Å². The van der Waals surface area contributed by atoms with Crippen LogP contribution in [-0.4, -0.2) is 59.0 Å². The van der Waals surface area contributed by atoms with Gasteiger partial charge in [-0.25, -0.2) is 0 Å². The lowest BCUT2D eigenvalue weighted by atomic mass is 10.1. The van der Waals surface area contributed by atoms with Crippen LogP contribution in [0.1, 0.15) is 44.6 Å². The molecule has 5 N–H and O–H groups in total. The first kappa shape index (κ1) is 27.2. The van der Waals surface area contributed by atoms with Gasteiger partial charge in [-0.3, -0.25) is 33.7 Å². The number of hydrogen-bond donors (Lipinski definition) is 4. The summed E-state index contributed by atoms with van der Waals surface area (Å²) in [5.41, 5.74) is 6.73. The number of amides is 6. The summed E-state index contributed by atoms with van der Waals surface area (Å²) in [6.45, 7) is 3.65. The summed E-state index contributed by atoms with van der Waals surface area (Å²) in [5.74, 6) is -3.05. The molecule has 0 saturated heterocycles. The number of nitrogens with two attached hydrogens (primary N) is 1. The molecule has 0 unspecified atom stereocenters. The Bertz CT molecular complexity index is 986. The molecule has 11 heteroatoms. The predicted molar refractivity (Wildman–Crippen MR) is 127 cm³/mol. The zero-order chi connectivity index (χ0) is 26.0. The van der Waals surface area contributed by atoms with Crippen LogP contribution in [0, 0.1) is 6.92 Å². The highest BCUT2D eigenvalue weighted by molar-refractivity contribution is 6.12. The summed E-state index contributed by atoms with van der Waals surface area (Å²) in [4.78, 5) is 72.8. The highest BCUT2D eigenvalue weighted by Gasteiger charge is 2.26. The van der Waals surface area contributed by atoms with Crippen molar-refractivity contribution in [3.8, 4) is 0 Å². The van der Waals surface area contributed by atoms with Gasteiger partial charge in [-0.15, -0.1) is 0 Å². The molecule has 11 nitrogen and oxygen atoms in total. The number of imide groups is 1. The summed E-state index contributed by atoms with van der Waals surface area (Å²) in [6.07, 6.45) is 3.88. The summed E-state index contributed by atoms with van der Waals surface area (Å²) in [7, 11) is 0. The predicted octanol–water partition coefficient (Wildman–Crippen LogP) is 0.284. The number of nitrogens with zero attached hydrogens (tertiary/aromatic N) is 1. The monoisotopic (exact) mass is 485 g/mol. The molecule has 2 rings (SSSR count). The Kier molecular flexibility index (Phi) is 10.1. The van der Waals surface area contributed by atoms with Crippen molar-refractivity contribution in [3.63, 3.8) is 0 Å². The number of primary amides is 1. The van der Waals surface area contributed by atoms with Crippen molar-refractivity contribution in [1.82, 2.24) is 15.5 Å². The molecule has 0 aromatic heterocycles. The number of carbonyl (C=O) groups excluding carboxylic acids is 6. The largest absolute Gasteiger partial charge is 0.370 e. The van der Waals surface area contributed by atoms with E-state index in [-0.39, 0.29) is 30.7 Å². The summed E-state index contributed by atoms with van der Waals surface area (Å²) in [6, 6.07) is 4.84. The fraction of sp³-hybridized carbons (Fsp3) is 0.417. The second kappa shape index (κ2) is 13.0. The number of anilines is 1. The van der Waals surface area contributed by atoms with Gasteiger partial charge in [0.15, 0.2) is 0 Å². The first-order valence-electron chi connectivity index (χ1n) is 11.4. The molecule has 0 radical (unpaired) electrons. The zero-order valence-electron chi connectivity index (χ0n) is 19.8. The third-order valence-corrected chi connectivity index (χ3v) is 5.31. The van der Waals surface area contributed by atoms with E-state index >= 15 is 0 Å². The smallest absolute Gasteiger partial charge is 0.253 e. The van der Waals surface area contributed by atoms with E-state index in [1.165, 1.54) is 19.1 Å². The molecule has 1 heterocycles. The van der Waals surface area contributed by atoms with Crippen LogP contribution < -0.4 is 21.7 Å². The van der Waals surface area contributed by atoms with Crippen LogP contribution in [0.3, 0.4) is 0 Å². The fourth-order valence-electron chi connectivity index (χ4n) is 3.34. The Morgan fingerprint density at radius 3 is 2.14 bits per heavy atom. The van der Waals surface area contributed by atoms with Crippen molar-refractivity contribution in [3.05, 3.63) is 42.0 Å². The minimum absolute atomic E-state index is 0.149. The average Bonchev–Trinajstić information content (AvgIpc) is 3.11. The van der Waals surface area contributed by atoms with Gasteiger partial charge >= 0.3 is 0 Å². The Balaban J connectivity index is 1.76. The number of carbonyl (C=O) groups is 6. The Labute approximate surface area is 203 Å². The second-order valence-corrected chi connectivity index (χ2v) is 8.35. The number of rotatable bonds is 13. The number of benzene rings is 1. The maximum absolute atomic E-state index is 12.6. The highest BCUT2D eigenvalue weighted by Crippen LogP contribution is 2.10. The van der Waals surface area contributed by atoms with Gasteiger partial charge < -0.3 is 21.7 Å². The molecule has 0 saturated carbocycles. The topological polar surface area (TPSA) is 168 Å². The van der Waals surface area contributed by atoms with Gasteiger partial charge in [0.05, 0.1) is 6.42 Å². The van der Waals surface area contributed by atoms with Crippen molar-refractivity contribution in [1.29, 1.82) is 0 Å². The number of nitrogens with one attached hydrogen (secondary N) is 3. The average molecular weight is 486 g/mol. The normalized spacial score (nSPS) is 14.4. The van der Waals surface area contributed by atoms with E-state index in [4.69, 9.17) is 5.73 Å². The van der Waals surface area contributed by atoms with Gasteiger partial charge in [-0.2, -0.15) is 0 Å². The minimum Gasteiger partial charge on any atom is -0.370 e. The molecule has 0 bridgehead atoms. The first-order chi connectivity index (χ1) is 16.6. The molecular weight excluding hydrogens is 454 g/mol. The lowest BCUT2D eigenvalue weighted by Gasteiger charge is -2.20. The number of aryl methyl sites for hydroxylation is 1. The van der Waals surface area contributed by atoms with E-state index in [2.05, 4.69) is 16.0 Å². The molecule has 1 aliphatic heterocycles. The number of hydrogen-bond acceptors (Lipinski definition) is 6. The van der Waals surface area contributed by atoms with Crippen LogP contribution in [0.25, 0.3) is 0 Å². The summed E-state index contributed by atoms with van der Waals surface area (Å²) in [5, 5.41) is 7.64. The van der Waals surface area contributed by atoms with Crippen LogP contribution in [0.5, 0.6) is 0 Å². The van der Waals surface area contributed by atoms with Crippen molar-refractivity contribution in [2.75, 3.05) is 11.9 Å². The lowest BCUT2D eigenvalue weighted by Crippen LogP contribution is -2.52. The molecule has 0 aliphatic carbocycles. The maximum atomic E-state index is 12.6. The Hall–Kier alpha value is -4.02. The second-order valence-electron chi connectivity index (χ2n) is 8.35. The molecule has 0 fully saturated rings. The molecule has 1 aliphatic rings. The van der Waals surface area contributed by atoms with Crippen molar-refractivity contribution < 1.29 is 28.8 Å². The Morgan fingerprint density at radius 2 is 1.54 bits per heavy atom.